The molecule has 15 heavy (non-hydrogen) atoms. The number of rotatable bonds is 3. The summed E-state index contributed by atoms with van der Waals surface area (Å²) in [6.45, 7) is 2.89. The number of benzene rings is 1. The number of nitrogens with one attached hydrogen (secondary N) is 1. The van der Waals surface area contributed by atoms with Gasteiger partial charge in [0.25, 0.3) is 0 Å². The summed E-state index contributed by atoms with van der Waals surface area (Å²) in [6, 6.07) is 10.4. The van der Waals surface area contributed by atoms with E-state index in [1.807, 2.05) is 6.07 Å². The maximum Gasteiger partial charge on any atom is 0.0721 e. The Morgan fingerprint density at radius 3 is 2.73 bits per heavy atom. The van der Waals surface area contributed by atoms with Crippen LogP contribution in [0.25, 0.3) is 0 Å². The van der Waals surface area contributed by atoms with Gasteiger partial charge in [-0.3, -0.25) is 0 Å². The van der Waals surface area contributed by atoms with E-state index in [1.54, 1.807) is 0 Å². The van der Waals surface area contributed by atoms with E-state index >= 15 is 0 Å². The van der Waals surface area contributed by atoms with Gasteiger partial charge in [-0.15, -0.1) is 12.4 Å². The van der Waals surface area contributed by atoms with Gasteiger partial charge in [-0.1, -0.05) is 30.3 Å². The Morgan fingerprint density at radius 1 is 1.27 bits per heavy atom. The van der Waals surface area contributed by atoms with Gasteiger partial charge in [0.1, 0.15) is 0 Å². The van der Waals surface area contributed by atoms with E-state index in [4.69, 9.17) is 4.74 Å². The summed E-state index contributed by atoms with van der Waals surface area (Å²) in [5.74, 6) is 0. The molecule has 2 rings (SSSR count). The monoisotopic (exact) mass is 227 g/mol. The molecule has 1 N–H and O–H groups in total. The summed E-state index contributed by atoms with van der Waals surface area (Å²) in [4.78, 5) is 0. The molecule has 1 saturated heterocycles. The molecule has 0 radical (unpaired) electrons. The number of piperidine rings is 1. The second-order valence-electron chi connectivity index (χ2n) is 3.76. The average Bonchev–Trinajstić information content (AvgIpc) is 2.29. The van der Waals surface area contributed by atoms with Crippen molar-refractivity contribution < 1.29 is 4.74 Å². The van der Waals surface area contributed by atoms with Crippen LogP contribution >= 0.6 is 12.4 Å². The highest BCUT2D eigenvalue weighted by Crippen LogP contribution is 2.09. The molecule has 0 bridgehead atoms. The molecule has 84 valence electrons. The third kappa shape index (κ3) is 4.20. The second-order valence-corrected chi connectivity index (χ2v) is 3.76. The van der Waals surface area contributed by atoms with Gasteiger partial charge in [0.15, 0.2) is 0 Å². The molecular formula is C12H18ClNO. The number of hydrogen-bond donors (Lipinski definition) is 1. The normalized spacial score (nSPS) is 20.7. The zero-order chi connectivity index (χ0) is 9.64. The minimum Gasteiger partial charge on any atom is -0.372 e. The van der Waals surface area contributed by atoms with Gasteiger partial charge >= 0.3 is 0 Å². The maximum absolute atomic E-state index is 5.81. The van der Waals surface area contributed by atoms with Crippen LogP contribution in [0.1, 0.15) is 18.4 Å². The van der Waals surface area contributed by atoms with E-state index in [-0.39, 0.29) is 12.4 Å². The lowest BCUT2D eigenvalue weighted by molar-refractivity contribution is 0.0253. The lowest BCUT2D eigenvalue weighted by Crippen LogP contribution is -2.35. The first kappa shape index (κ1) is 12.5. The van der Waals surface area contributed by atoms with Crippen molar-refractivity contribution in [3.63, 3.8) is 0 Å². The van der Waals surface area contributed by atoms with Crippen molar-refractivity contribution in [2.45, 2.75) is 25.6 Å². The molecule has 1 fully saturated rings. The van der Waals surface area contributed by atoms with E-state index in [1.165, 1.54) is 18.4 Å². The van der Waals surface area contributed by atoms with Crippen molar-refractivity contribution in [2.24, 2.45) is 0 Å². The molecule has 0 unspecified atom stereocenters. The fourth-order valence-corrected chi connectivity index (χ4v) is 1.75. The van der Waals surface area contributed by atoms with Crippen LogP contribution in [-0.2, 0) is 11.3 Å². The smallest absolute Gasteiger partial charge is 0.0721 e. The van der Waals surface area contributed by atoms with Crippen LogP contribution in [0.4, 0.5) is 0 Å². The van der Waals surface area contributed by atoms with Gasteiger partial charge in [0.2, 0.25) is 0 Å². The highest BCUT2D eigenvalue weighted by molar-refractivity contribution is 5.85. The summed E-state index contributed by atoms with van der Waals surface area (Å²) < 4.78 is 5.81. The zero-order valence-corrected chi connectivity index (χ0v) is 9.63. The third-order valence-electron chi connectivity index (χ3n) is 2.58. The maximum atomic E-state index is 5.81. The Kier molecular flexibility index (Phi) is 5.69. The van der Waals surface area contributed by atoms with Crippen molar-refractivity contribution in [3.05, 3.63) is 35.9 Å². The molecule has 0 amide bonds. The topological polar surface area (TPSA) is 21.3 Å². The van der Waals surface area contributed by atoms with Crippen molar-refractivity contribution in [2.75, 3.05) is 13.1 Å². The number of halogens is 1. The first-order chi connectivity index (χ1) is 6.95. The highest BCUT2D eigenvalue weighted by Gasteiger charge is 2.12. The van der Waals surface area contributed by atoms with Crippen molar-refractivity contribution in [1.82, 2.24) is 5.32 Å². The quantitative estimate of drug-likeness (QED) is 0.856. The van der Waals surface area contributed by atoms with Crippen LogP contribution in [0.3, 0.4) is 0 Å². The minimum absolute atomic E-state index is 0. The molecule has 1 aromatic rings. The van der Waals surface area contributed by atoms with Crippen molar-refractivity contribution in [3.8, 4) is 0 Å². The largest absolute Gasteiger partial charge is 0.372 e. The van der Waals surface area contributed by atoms with Crippen LogP contribution in [0.2, 0.25) is 0 Å². The SMILES string of the molecule is Cl.c1ccc(CO[C@@H]2CCCNC2)cc1. The van der Waals surface area contributed by atoms with E-state index in [0.717, 1.165) is 19.7 Å². The summed E-state index contributed by atoms with van der Waals surface area (Å²) in [5, 5.41) is 3.35. The Morgan fingerprint density at radius 2 is 2.07 bits per heavy atom. The molecular weight excluding hydrogens is 210 g/mol. The molecule has 0 aliphatic carbocycles. The molecule has 0 spiro atoms. The Labute approximate surface area is 97.4 Å². The summed E-state index contributed by atoms with van der Waals surface area (Å²) in [7, 11) is 0. The number of hydrogen-bond acceptors (Lipinski definition) is 2. The molecule has 2 nitrogen and oxygen atoms in total. The molecule has 0 aromatic heterocycles. The van der Waals surface area contributed by atoms with E-state index in [0.29, 0.717) is 6.10 Å². The molecule has 1 aromatic carbocycles. The van der Waals surface area contributed by atoms with Crippen molar-refractivity contribution in [1.29, 1.82) is 0 Å². The predicted octanol–water partition coefficient (Wildman–Crippen LogP) is 2.38. The van der Waals surface area contributed by atoms with E-state index in [9.17, 15) is 0 Å². The summed E-state index contributed by atoms with van der Waals surface area (Å²) in [6.07, 6.45) is 2.84. The Balaban J connectivity index is 0.00000112. The summed E-state index contributed by atoms with van der Waals surface area (Å²) in [5.41, 5.74) is 1.26. The van der Waals surface area contributed by atoms with Gasteiger partial charge < -0.3 is 10.1 Å². The predicted molar refractivity (Wildman–Crippen MR) is 64.4 cm³/mol. The van der Waals surface area contributed by atoms with Gasteiger partial charge in [0, 0.05) is 6.54 Å². The Hall–Kier alpha value is -0.570. The minimum atomic E-state index is 0. The van der Waals surface area contributed by atoms with E-state index in [2.05, 4.69) is 29.6 Å². The molecule has 1 aliphatic heterocycles. The van der Waals surface area contributed by atoms with Gasteiger partial charge in [-0.25, -0.2) is 0 Å². The zero-order valence-electron chi connectivity index (χ0n) is 8.82. The summed E-state index contributed by atoms with van der Waals surface area (Å²) >= 11 is 0. The average molecular weight is 228 g/mol. The molecule has 3 heteroatoms. The molecule has 0 saturated carbocycles. The lowest BCUT2D eigenvalue weighted by Gasteiger charge is -2.23. The van der Waals surface area contributed by atoms with Crippen LogP contribution in [0, 0.1) is 0 Å². The van der Waals surface area contributed by atoms with Crippen LogP contribution in [0.5, 0.6) is 0 Å². The fraction of sp³-hybridized carbons (Fsp3) is 0.500. The first-order valence-electron chi connectivity index (χ1n) is 5.31. The van der Waals surface area contributed by atoms with Crippen LogP contribution in [0.15, 0.2) is 30.3 Å². The highest BCUT2D eigenvalue weighted by atomic mass is 35.5. The van der Waals surface area contributed by atoms with Gasteiger partial charge in [-0.2, -0.15) is 0 Å². The van der Waals surface area contributed by atoms with Crippen LogP contribution < -0.4 is 5.32 Å². The third-order valence-corrected chi connectivity index (χ3v) is 2.58. The fourth-order valence-electron chi connectivity index (χ4n) is 1.75. The Bertz CT molecular complexity index is 260. The standard InChI is InChI=1S/C12H17NO.ClH/c1-2-5-11(6-3-1)10-14-12-7-4-8-13-9-12;/h1-3,5-6,12-13H,4,7-10H2;1H/t12-;/m1./s1. The van der Waals surface area contributed by atoms with Crippen molar-refractivity contribution >= 4 is 12.4 Å². The first-order valence-corrected chi connectivity index (χ1v) is 5.31. The molecule has 1 heterocycles. The van der Waals surface area contributed by atoms with Gasteiger partial charge in [0.05, 0.1) is 12.7 Å². The molecule has 1 atom stereocenters. The van der Waals surface area contributed by atoms with Crippen LogP contribution in [-0.4, -0.2) is 19.2 Å². The second kappa shape index (κ2) is 6.83. The molecule has 1 aliphatic rings. The lowest BCUT2D eigenvalue weighted by atomic mass is 10.1. The van der Waals surface area contributed by atoms with Gasteiger partial charge in [-0.05, 0) is 24.9 Å². The number of ether oxygens (including phenoxy) is 1. The van der Waals surface area contributed by atoms with E-state index < -0.39 is 0 Å².